The van der Waals surface area contributed by atoms with Crippen LogP contribution in [0, 0.1) is 23.1 Å². The van der Waals surface area contributed by atoms with E-state index in [1.54, 1.807) is 24.3 Å². The van der Waals surface area contributed by atoms with Crippen LogP contribution in [0.1, 0.15) is 18.5 Å². The maximum atomic E-state index is 13.2. The number of nitrogens with one attached hydrogen (secondary N) is 2. The average Bonchev–Trinajstić information content (AvgIpc) is 3.68. The highest BCUT2D eigenvalue weighted by molar-refractivity contribution is 5.95. The number of amides is 1. The number of aromatic nitrogens is 3. The number of nitrogens with zero attached hydrogens (tertiary/aromatic N) is 4. The third kappa shape index (κ3) is 4.43. The number of hydrogen-bond donors (Lipinski definition) is 2. The van der Waals surface area contributed by atoms with Gasteiger partial charge in [-0.25, -0.2) is 9.37 Å². The molecule has 3 aromatic heterocycles. The molecule has 1 aliphatic heterocycles. The normalized spacial score (nSPS) is 14.1. The van der Waals surface area contributed by atoms with Gasteiger partial charge in [-0.1, -0.05) is 0 Å². The number of hydrogen-bond acceptors (Lipinski definition) is 7. The number of H-pyrrole nitrogens is 1. The molecular weight excluding hydrogens is 475 g/mol. The molecule has 2 N–H and O–H groups in total. The number of piperidine rings is 1. The fourth-order valence-corrected chi connectivity index (χ4v) is 4.53. The Hall–Kier alpha value is -4.91. The van der Waals surface area contributed by atoms with E-state index in [2.05, 4.69) is 26.3 Å². The summed E-state index contributed by atoms with van der Waals surface area (Å²) in [4.78, 5) is 27.0. The van der Waals surface area contributed by atoms with Crippen molar-refractivity contribution in [3.63, 3.8) is 0 Å². The fourth-order valence-electron chi connectivity index (χ4n) is 4.53. The van der Waals surface area contributed by atoms with E-state index in [1.807, 2.05) is 23.1 Å². The summed E-state index contributed by atoms with van der Waals surface area (Å²) in [5.41, 5.74) is 3.16. The van der Waals surface area contributed by atoms with Crippen LogP contribution in [0.15, 0.2) is 69.7 Å². The molecule has 1 aliphatic rings. The van der Waals surface area contributed by atoms with Gasteiger partial charge in [-0.15, -0.1) is 0 Å². The predicted molar refractivity (Wildman–Crippen MR) is 134 cm³/mol. The monoisotopic (exact) mass is 496 g/mol. The van der Waals surface area contributed by atoms with E-state index in [1.165, 1.54) is 18.4 Å². The van der Waals surface area contributed by atoms with E-state index in [0.717, 1.165) is 16.6 Å². The number of imidazole rings is 1. The molecule has 0 aliphatic carbocycles. The highest BCUT2D eigenvalue weighted by Crippen LogP contribution is 2.32. The molecule has 184 valence electrons. The first kappa shape index (κ1) is 22.5. The molecule has 5 aromatic rings. The van der Waals surface area contributed by atoms with Crippen molar-refractivity contribution in [2.75, 3.05) is 23.3 Å². The number of halogens is 1. The Labute approximate surface area is 210 Å². The number of carbonyl (C=O) groups is 1. The number of anilines is 2. The van der Waals surface area contributed by atoms with Crippen molar-refractivity contribution in [2.45, 2.75) is 12.8 Å². The maximum Gasteiger partial charge on any atom is 0.266 e. The second-order valence-corrected chi connectivity index (χ2v) is 8.84. The van der Waals surface area contributed by atoms with Gasteiger partial charge in [-0.05, 0) is 67.4 Å². The van der Waals surface area contributed by atoms with Crippen LogP contribution in [-0.4, -0.2) is 33.9 Å². The van der Waals surface area contributed by atoms with Crippen molar-refractivity contribution in [3.05, 3.63) is 72.4 Å². The third-order valence-electron chi connectivity index (χ3n) is 6.47. The van der Waals surface area contributed by atoms with Crippen molar-refractivity contribution in [3.8, 4) is 29.1 Å². The molecule has 9 nitrogen and oxygen atoms in total. The molecule has 2 aromatic carbocycles. The van der Waals surface area contributed by atoms with E-state index in [9.17, 15) is 14.4 Å². The average molecular weight is 497 g/mol. The second kappa shape index (κ2) is 9.28. The SMILES string of the molecule is N#Cc1nc(-c2ccco2)oc1N1CCC(C(=O)Nc2ccc3nc(-c4ccc(F)cc4)[nH]c3c2)CC1. The summed E-state index contributed by atoms with van der Waals surface area (Å²) < 4.78 is 24.4. The Morgan fingerprint density at radius 3 is 2.68 bits per heavy atom. The van der Waals surface area contributed by atoms with Crippen molar-refractivity contribution in [1.82, 2.24) is 15.0 Å². The fraction of sp³-hybridized carbons (Fsp3) is 0.185. The lowest BCUT2D eigenvalue weighted by Crippen LogP contribution is -2.38. The largest absolute Gasteiger partial charge is 0.459 e. The van der Waals surface area contributed by atoms with Gasteiger partial charge in [-0.2, -0.15) is 10.2 Å². The number of benzene rings is 2. The van der Waals surface area contributed by atoms with Crippen molar-refractivity contribution in [2.24, 2.45) is 5.92 Å². The summed E-state index contributed by atoms with van der Waals surface area (Å²) in [6.45, 7) is 1.11. The van der Waals surface area contributed by atoms with Gasteiger partial charge in [-0.3, -0.25) is 4.79 Å². The van der Waals surface area contributed by atoms with Crippen LogP contribution in [0.5, 0.6) is 0 Å². The Morgan fingerprint density at radius 2 is 1.95 bits per heavy atom. The number of fused-ring (bicyclic) bond motifs is 1. The van der Waals surface area contributed by atoms with E-state index in [0.29, 0.717) is 49.1 Å². The number of rotatable bonds is 5. The Kier molecular flexibility index (Phi) is 5.65. The first-order valence-corrected chi connectivity index (χ1v) is 11.8. The minimum Gasteiger partial charge on any atom is -0.459 e. The van der Waals surface area contributed by atoms with Crippen molar-refractivity contribution >= 4 is 28.5 Å². The molecule has 0 radical (unpaired) electrons. The molecule has 0 spiro atoms. The Balaban J connectivity index is 1.11. The molecule has 6 rings (SSSR count). The lowest BCUT2D eigenvalue weighted by molar-refractivity contribution is -0.120. The predicted octanol–water partition coefficient (Wildman–Crippen LogP) is 5.34. The van der Waals surface area contributed by atoms with Gasteiger partial charge in [0.2, 0.25) is 17.5 Å². The zero-order chi connectivity index (χ0) is 25.4. The molecule has 1 fully saturated rings. The van der Waals surface area contributed by atoms with Gasteiger partial charge in [0.1, 0.15) is 17.7 Å². The summed E-state index contributed by atoms with van der Waals surface area (Å²) in [6, 6.07) is 17.1. The topological polar surface area (TPSA) is 124 Å². The van der Waals surface area contributed by atoms with Gasteiger partial charge in [0.05, 0.1) is 17.3 Å². The van der Waals surface area contributed by atoms with E-state index < -0.39 is 0 Å². The van der Waals surface area contributed by atoms with Crippen molar-refractivity contribution in [1.29, 1.82) is 5.26 Å². The first-order valence-electron chi connectivity index (χ1n) is 11.8. The minimum absolute atomic E-state index is 0.0633. The van der Waals surface area contributed by atoms with Crippen LogP contribution in [0.3, 0.4) is 0 Å². The van der Waals surface area contributed by atoms with Crippen LogP contribution in [0.2, 0.25) is 0 Å². The maximum absolute atomic E-state index is 13.2. The summed E-state index contributed by atoms with van der Waals surface area (Å²) in [5.74, 6) is 1.19. The lowest BCUT2D eigenvalue weighted by Gasteiger charge is -2.30. The van der Waals surface area contributed by atoms with Crippen LogP contribution in [0.4, 0.5) is 16.0 Å². The zero-order valence-corrected chi connectivity index (χ0v) is 19.6. The molecular formula is C27H21FN6O3. The number of carbonyl (C=O) groups excluding carboxylic acids is 1. The van der Waals surface area contributed by atoms with Gasteiger partial charge >= 0.3 is 0 Å². The summed E-state index contributed by atoms with van der Waals surface area (Å²) in [5, 5.41) is 12.5. The highest BCUT2D eigenvalue weighted by atomic mass is 19.1. The minimum atomic E-state index is -0.305. The number of nitriles is 1. The molecule has 4 heterocycles. The molecule has 0 atom stereocenters. The van der Waals surface area contributed by atoms with E-state index >= 15 is 0 Å². The summed E-state index contributed by atoms with van der Waals surface area (Å²) in [6.07, 6.45) is 2.73. The van der Waals surface area contributed by atoms with Crippen LogP contribution >= 0.6 is 0 Å². The molecule has 0 bridgehead atoms. The number of oxazole rings is 1. The van der Waals surface area contributed by atoms with Gasteiger partial charge in [0, 0.05) is 30.3 Å². The Morgan fingerprint density at radius 1 is 1.14 bits per heavy atom. The third-order valence-corrected chi connectivity index (χ3v) is 6.47. The molecule has 0 unspecified atom stereocenters. The van der Waals surface area contributed by atoms with Crippen molar-refractivity contribution < 1.29 is 18.0 Å². The van der Waals surface area contributed by atoms with Crippen LogP contribution < -0.4 is 10.2 Å². The zero-order valence-electron chi connectivity index (χ0n) is 19.6. The Bertz CT molecular complexity index is 1610. The summed E-state index contributed by atoms with van der Waals surface area (Å²) in [7, 11) is 0. The molecule has 0 saturated carbocycles. The quantitative estimate of drug-likeness (QED) is 0.336. The first-order chi connectivity index (χ1) is 18.1. The van der Waals surface area contributed by atoms with Crippen LogP contribution in [0.25, 0.3) is 34.1 Å². The molecule has 1 saturated heterocycles. The van der Waals surface area contributed by atoms with Gasteiger partial charge in [0.15, 0.2) is 5.76 Å². The smallest absolute Gasteiger partial charge is 0.266 e. The molecule has 37 heavy (non-hydrogen) atoms. The van der Waals surface area contributed by atoms with E-state index in [-0.39, 0.29) is 29.2 Å². The lowest BCUT2D eigenvalue weighted by atomic mass is 9.96. The number of aromatic amines is 1. The highest BCUT2D eigenvalue weighted by Gasteiger charge is 2.29. The summed E-state index contributed by atoms with van der Waals surface area (Å²) >= 11 is 0. The van der Waals surface area contributed by atoms with Gasteiger partial charge in [0.25, 0.3) is 5.89 Å². The second-order valence-electron chi connectivity index (χ2n) is 8.84. The molecule has 1 amide bonds. The molecule has 10 heteroatoms. The standard InChI is InChI=1S/C27H21FN6O3/c28-18-5-3-16(4-6-18)24-31-20-8-7-19(14-21(20)32-24)30-25(35)17-9-11-34(12-10-17)27-22(15-29)33-26(37-27)23-2-1-13-36-23/h1-8,13-14,17H,9-12H2,(H,30,35)(H,31,32). The van der Waals surface area contributed by atoms with E-state index in [4.69, 9.17) is 8.83 Å². The number of furan rings is 1. The van der Waals surface area contributed by atoms with Crippen LogP contribution in [-0.2, 0) is 4.79 Å². The van der Waals surface area contributed by atoms with Gasteiger partial charge < -0.3 is 24.0 Å².